The smallest absolute Gasteiger partial charge is 0.235 e. The van der Waals surface area contributed by atoms with Crippen LogP contribution in [0.4, 0.5) is 11.6 Å². The maximum absolute atomic E-state index is 12.9. The lowest BCUT2D eigenvalue weighted by atomic mass is 10.0. The van der Waals surface area contributed by atoms with Gasteiger partial charge in [-0.25, -0.2) is 15.0 Å². The second-order valence-electron chi connectivity index (χ2n) is 10.1. The molecule has 1 saturated carbocycles. The number of anilines is 2. The number of aromatic nitrogens is 5. The standard InChI is InChI=1S/C28H30N8O3/c1-15-6-24(28-33-18(14-39-28)4-5-38-3)30-11-21(15)23-7-16-8-25(31-12-22(16)26(29)34-23)35-27(37)20-9-19(20)17-10-32-36(2)13-17/h6-8,10-13,18-20H,4-5,9,14H2,1-3H3,(H2,29,34)(H,31,35,37)/t18-,19+,20-/m1/s1. The maximum Gasteiger partial charge on any atom is 0.235 e. The molecule has 1 fully saturated rings. The first-order valence-corrected chi connectivity index (χ1v) is 12.9. The molecular formula is C28H30N8O3. The van der Waals surface area contributed by atoms with E-state index in [1.165, 1.54) is 0 Å². The summed E-state index contributed by atoms with van der Waals surface area (Å²) < 4.78 is 12.7. The van der Waals surface area contributed by atoms with Gasteiger partial charge >= 0.3 is 0 Å². The van der Waals surface area contributed by atoms with Crippen molar-refractivity contribution in [3.05, 3.63) is 59.8 Å². The van der Waals surface area contributed by atoms with Gasteiger partial charge in [-0.2, -0.15) is 5.10 Å². The number of hydrogen-bond acceptors (Lipinski definition) is 9. The number of methoxy groups -OCH3 is 1. The van der Waals surface area contributed by atoms with Crippen LogP contribution >= 0.6 is 0 Å². The van der Waals surface area contributed by atoms with Crippen LogP contribution in [0.15, 0.2) is 48.0 Å². The molecule has 2 aliphatic rings. The van der Waals surface area contributed by atoms with Crippen molar-refractivity contribution >= 4 is 34.2 Å². The van der Waals surface area contributed by atoms with Gasteiger partial charge < -0.3 is 20.5 Å². The minimum absolute atomic E-state index is 0.0462. The van der Waals surface area contributed by atoms with Crippen molar-refractivity contribution in [3.8, 4) is 11.3 Å². The molecule has 5 heterocycles. The highest BCUT2D eigenvalue weighted by Crippen LogP contribution is 2.47. The van der Waals surface area contributed by atoms with E-state index in [1.807, 2.05) is 44.6 Å². The predicted octanol–water partition coefficient (Wildman–Crippen LogP) is 3.24. The Bertz CT molecular complexity index is 1600. The van der Waals surface area contributed by atoms with E-state index in [9.17, 15) is 4.79 Å². The summed E-state index contributed by atoms with van der Waals surface area (Å²) in [5, 5.41) is 8.72. The highest BCUT2D eigenvalue weighted by atomic mass is 16.5. The lowest BCUT2D eigenvalue weighted by Crippen LogP contribution is -2.15. The summed E-state index contributed by atoms with van der Waals surface area (Å²) >= 11 is 0. The van der Waals surface area contributed by atoms with Crippen molar-refractivity contribution in [2.45, 2.75) is 31.7 Å². The van der Waals surface area contributed by atoms with E-state index >= 15 is 0 Å². The average molecular weight is 527 g/mol. The molecule has 0 saturated heterocycles. The number of ether oxygens (including phenoxy) is 2. The molecular weight excluding hydrogens is 496 g/mol. The van der Waals surface area contributed by atoms with Gasteiger partial charge in [0.2, 0.25) is 11.8 Å². The Morgan fingerprint density at radius 2 is 2.08 bits per heavy atom. The molecule has 1 amide bonds. The van der Waals surface area contributed by atoms with Crippen molar-refractivity contribution in [2.75, 3.05) is 31.4 Å². The molecule has 1 aliphatic carbocycles. The first-order chi connectivity index (χ1) is 18.9. The van der Waals surface area contributed by atoms with Crippen LogP contribution < -0.4 is 11.1 Å². The zero-order valence-corrected chi connectivity index (χ0v) is 22.1. The number of nitrogens with one attached hydrogen (secondary N) is 1. The van der Waals surface area contributed by atoms with Gasteiger partial charge in [0.25, 0.3) is 0 Å². The molecule has 11 heteroatoms. The van der Waals surface area contributed by atoms with Crippen LogP contribution in [-0.4, -0.2) is 62.9 Å². The second kappa shape index (κ2) is 10.1. The summed E-state index contributed by atoms with van der Waals surface area (Å²) in [6, 6.07) is 5.79. The molecule has 0 aromatic carbocycles. The fraction of sp³-hybridized carbons (Fsp3) is 0.357. The minimum Gasteiger partial charge on any atom is -0.474 e. The lowest BCUT2D eigenvalue weighted by molar-refractivity contribution is -0.117. The van der Waals surface area contributed by atoms with Crippen LogP contribution in [0.5, 0.6) is 0 Å². The quantitative estimate of drug-likeness (QED) is 0.356. The normalized spacial score (nSPS) is 20.1. The van der Waals surface area contributed by atoms with Crippen LogP contribution in [0.2, 0.25) is 0 Å². The Balaban J connectivity index is 1.21. The first kappa shape index (κ1) is 24.9. The molecule has 3 atom stereocenters. The minimum atomic E-state index is -0.0827. The van der Waals surface area contributed by atoms with E-state index in [0.717, 1.165) is 40.3 Å². The molecule has 4 aromatic heterocycles. The molecule has 200 valence electrons. The van der Waals surface area contributed by atoms with Crippen molar-refractivity contribution in [3.63, 3.8) is 0 Å². The number of pyridine rings is 3. The Morgan fingerprint density at radius 3 is 2.85 bits per heavy atom. The lowest BCUT2D eigenvalue weighted by Gasteiger charge is -2.11. The van der Waals surface area contributed by atoms with Crippen LogP contribution in [0.25, 0.3) is 22.0 Å². The number of amides is 1. The monoisotopic (exact) mass is 526 g/mol. The third-order valence-electron chi connectivity index (χ3n) is 7.25. The first-order valence-electron chi connectivity index (χ1n) is 12.9. The van der Waals surface area contributed by atoms with Crippen molar-refractivity contribution in [1.29, 1.82) is 0 Å². The number of aryl methyl sites for hydroxylation is 2. The Labute approximate surface area is 225 Å². The number of rotatable bonds is 8. The van der Waals surface area contributed by atoms with Gasteiger partial charge in [0.05, 0.1) is 17.9 Å². The zero-order valence-electron chi connectivity index (χ0n) is 22.1. The van der Waals surface area contributed by atoms with E-state index in [2.05, 4.69) is 30.4 Å². The second-order valence-corrected chi connectivity index (χ2v) is 10.1. The van der Waals surface area contributed by atoms with E-state index < -0.39 is 0 Å². The summed E-state index contributed by atoms with van der Waals surface area (Å²) in [6.07, 6.45) is 8.80. The summed E-state index contributed by atoms with van der Waals surface area (Å²) in [5.74, 6) is 1.45. The van der Waals surface area contributed by atoms with Crippen LogP contribution in [-0.2, 0) is 21.3 Å². The number of hydrogen-bond donors (Lipinski definition) is 2. The summed E-state index contributed by atoms with van der Waals surface area (Å²) in [4.78, 5) is 31.1. The largest absolute Gasteiger partial charge is 0.474 e. The molecule has 3 N–H and O–H groups in total. The van der Waals surface area contributed by atoms with E-state index in [-0.39, 0.29) is 23.8 Å². The molecule has 0 spiro atoms. The van der Waals surface area contributed by atoms with Gasteiger partial charge in [-0.15, -0.1) is 0 Å². The highest BCUT2D eigenvalue weighted by Gasteiger charge is 2.44. The number of carbonyl (C=O) groups excluding carboxylic acids is 1. The molecule has 6 rings (SSSR count). The van der Waals surface area contributed by atoms with E-state index in [4.69, 9.17) is 15.2 Å². The molecule has 39 heavy (non-hydrogen) atoms. The van der Waals surface area contributed by atoms with Gasteiger partial charge in [0.1, 0.15) is 23.9 Å². The molecule has 4 aromatic rings. The van der Waals surface area contributed by atoms with Gasteiger partial charge in [-0.1, -0.05) is 0 Å². The van der Waals surface area contributed by atoms with Crippen molar-refractivity contribution in [2.24, 2.45) is 18.0 Å². The fourth-order valence-corrected chi connectivity index (χ4v) is 4.98. The third-order valence-corrected chi connectivity index (χ3v) is 7.25. The van der Waals surface area contributed by atoms with Crippen LogP contribution in [0.3, 0.4) is 0 Å². The van der Waals surface area contributed by atoms with Crippen molar-refractivity contribution in [1.82, 2.24) is 24.7 Å². The maximum atomic E-state index is 12.9. The molecule has 0 bridgehead atoms. The van der Waals surface area contributed by atoms with Gasteiger partial charge in [-0.05, 0) is 60.4 Å². The summed E-state index contributed by atoms with van der Waals surface area (Å²) in [5.41, 5.74) is 10.6. The Morgan fingerprint density at radius 1 is 1.21 bits per heavy atom. The van der Waals surface area contributed by atoms with Crippen LogP contribution in [0, 0.1) is 12.8 Å². The van der Waals surface area contributed by atoms with Crippen LogP contribution in [0.1, 0.15) is 35.6 Å². The molecule has 0 radical (unpaired) electrons. The third kappa shape index (κ3) is 5.05. The summed E-state index contributed by atoms with van der Waals surface area (Å²) in [6.45, 7) is 3.16. The average Bonchev–Trinajstić information content (AvgIpc) is 3.37. The summed E-state index contributed by atoms with van der Waals surface area (Å²) in [7, 11) is 3.55. The number of carbonyl (C=O) groups is 1. The number of nitrogens with zero attached hydrogens (tertiary/aromatic N) is 6. The SMILES string of the molecule is COCC[C@@H]1COC(c2cc(C)c(-c3cc4cc(NC(=O)[C@@H]5C[C@H]5c5cnn(C)c5)ncc4c(N)n3)cn2)=N1. The highest BCUT2D eigenvalue weighted by molar-refractivity contribution is 5.99. The number of nitrogens with two attached hydrogens (primary N) is 1. The predicted molar refractivity (Wildman–Crippen MR) is 147 cm³/mol. The molecule has 1 aliphatic heterocycles. The molecule has 11 nitrogen and oxygen atoms in total. The number of aliphatic imine (C=N–C) groups is 1. The van der Waals surface area contributed by atoms with Gasteiger partial charge in [0, 0.05) is 56.2 Å². The Hall–Kier alpha value is -4.38. The number of fused-ring (bicyclic) bond motifs is 1. The van der Waals surface area contributed by atoms with Gasteiger partial charge in [-0.3, -0.25) is 14.5 Å². The zero-order chi connectivity index (χ0) is 27.1. The number of nitrogen functional groups attached to an aromatic ring is 1. The van der Waals surface area contributed by atoms with E-state index in [1.54, 1.807) is 24.2 Å². The van der Waals surface area contributed by atoms with Crippen molar-refractivity contribution < 1.29 is 14.3 Å². The van der Waals surface area contributed by atoms with Gasteiger partial charge in [0.15, 0.2) is 0 Å². The topological polar surface area (TPSA) is 142 Å². The van der Waals surface area contributed by atoms with E-state index in [0.29, 0.717) is 42.1 Å². The molecule has 0 unspecified atom stereocenters. The Kier molecular flexibility index (Phi) is 6.43. The fourth-order valence-electron chi connectivity index (χ4n) is 4.98.